The molecule has 0 unspecified atom stereocenters. The summed E-state index contributed by atoms with van der Waals surface area (Å²) in [5.41, 5.74) is 1.29. The first-order chi connectivity index (χ1) is 9.22. The van der Waals surface area contributed by atoms with Crippen LogP contribution in [0.2, 0.25) is 0 Å². The first-order valence-electron chi connectivity index (χ1n) is 6.66. The molecule has 1 aliphatic rings. The average molecular weight is 292 g/mol. The zero-order chi connectivity index (χ0) is 13.2. The predicted molar refractivity (Wildman–Crippen MR) is 82.4 cm³/mol. The summed E-state index contributed by atoms with van der Waals surface area (Å²) in [6.45, 7) is 0.795. The Bertz CT molecular complexity index is 614. The van der Waals surface area contributed by atoms with E-state index in [0.29, 0.717) is 5.92 Å². The summed E-state index contributed by atoms with van der Waals surface area (Å²) in [5.74, 6) is -0.316. The number of hydrogen-bond acceptors (Lipinski definition) is 2. The Morgan fingerprint density at radius 1 is 1.20 bits per heavy atom. The number of fused-ring (bicyclic) bond motifs is 1. The van der Waals surface area contributed by atoms with Gasteiger partial charge in [-0.25, -0.2) is 0 Å². The normalized spacial score (nSPS) is 21.6. The first kappa shape index (κ1) is 14.8. The van der Waals surface area contributed by atoms with Gasteiger partial charge in [-0.3, -0.25) is 4.79 Å². The zero-order valence-electron chi connectivity index (χ0n) is 11.1. The standard InChI is InChI=1S/C16H17NO2.ClH/c18-16(19)15-9-12(10-17-15)7-11-5-6-13-3-1-2-4-14(13)8-11;/h1-6,8,12,15,17H,7,9-10H2,(H,18,19);1H/t12-,15+;/m1./s1. The Kier molecular flexibility index (Phi) is 4.63. The molecule has 2 atom stereocenters. The third-order valence-electron chi connectivity index (χ3n) is 3.86. The van der Waals surface area contributed by atoms with E-state index in [1.54, 1.807) is 0 Å². The van der Waals surface area contributed by atoms with Gasteiger partial charge in [-0.15, -0.1) is 12.4 Å². The zero-order valence-corrected chi connectivity index (χ0v) is 11.9. The second-order valence-electron chi connectivity index (χ2n) is 5.29. The Hall–Kier alpha value is -1.58. The van der Waals surface area contributed by atoms with E-state index in [0.717, 1.165) is 19.4 Å². The molecule has 2 aromatic carbocycles. The van der Waals surface area contributed by atoms with E-state index >= 15 is 0 Å². The molecule has 1 heterocycles. The van der Waals surface area contributed by atoms with Crippen LogP contribution < -0.4 is 5.32 Å². The molecular formula is C16H18ClNO2. The van der Waals surface area contributed by atoms with Crippen molar-refractivity contribution in [2.75, 3.05) is 6.54 Å². The van der Waals surface area contributed by atoms with Crippen LogP contribution in [0.25, 0.3) is 10.8 Å². The van der Waals surface area contributed by atoms with Crippen LogP contribution in [0, 0.1) is 5.92 Å². The maximum atomic E-state index is 10.9. The monoisotopic (exact) mass is 291 g/mol. The summed E-state index contributed by atoms with van der Waals surface area (Å²) in [6.07, 6.45) is 1.67. The van der Waals surface area contributed by atoms with Crippen molar-refractivity contribution in [3.8, 4) is 0 Å². The number of aliphatic carboxylic acids is 1. The molecule has 0 radical (unpaired) electrons. The molecular weight excluding hydrogens is 274 g/mol. The van der Waals surface area contributed by atoms with E-state index in [-0.39, 0.29) is 18.4 Å². The SMILES string of the molecule is Cl.O=C(O)[C@@H]1C[C@@H](Cc2ccc3ccccc3c2)CN1. The lowest BCUT2D eigenvalue weighted by Gasteiger charge is -2.09. The van der Waals surface area contributed by atoms with Gasteiger partial charge in [0.15, 0.2) is 0 Å². The van der Waals surface area contributed by atoms with Crippen molar-refractivity contribution in [3.05, 3.63) is 48.0 Å². The van der Waals surface area contributed by atoms with Crippen LogP contribution in [0.5, 0.6) is 0 Å². The minimum absolute atomic E-state index is 0. The van der Waals surface area contributed by atoms with Crippen molar-refractivity contribution in [1.82, 2.24) is 5.32 Å². The Morgan fingerprint density at radius 3 is 2.65 bits per heavy atom. The molecule has 0 aromatic heterocycles. The van der Waals surface area contributed by atoms with Crippen LogP contribution in [-0.4, -0.2) is 23.7 Å². The summed E-state index contributed by atoms with van der Waals surface area (Å²) in [5, 5.41) is 14.5. The maximum Gasteiger partial charge on any atom is 0.320 e. The molecule has 0 bridgehead atoms. The molecule has 0 amide bonds. The third-order valence-corrected chi connectivity index (χ3v) is 3.86. The smallest absolute Gasteiger partial charge is 0.320 e. The Labute approximate surface area is 124 Å². The average Bonchev–Trinajstić information content (AvgIpc) is 2.87. The summed E-state index contributed by atoms with van der Waals surface area (Å²) >= 11 is 0. The number of carboxylic acids is 1. The van der Waals surface area contributed by atoms with Crippen LogP contribution in [0.3, 0.4) is 0 Å². The summed E-state index contributed by atoms with van der Waals surface area (Å²) in [6, 6.07) is 14.4. The number of halogens is 1. The fourth-order valence-corrected chi connectivity index (χ4v) is 2.85. The van der Waals surface area contributed by atoms with Crippen molar-refractivity contribution in [3.63, 3.8) is 0 Å². The van der Waals surface area contributed by atoms with E-state index in [1.165, 1.54) is 16.3 Å². The number of hydrogen-bond donors (Lipinski definition) is 2. The van der Waals surface area contributed by atoms with E-state index in [2.05, 4.69) is 35.6 Å². The lowest BCUT2D eigenvalue weighted by molar-refractivity contribution is -0.139. The number of benzene rings is 2. The molecule has 0 aliphatic carbocycles. The van der Waals surface area contributed by atoms with E-state index in [4.69, 9.17) is 5.11 Å². The van der Waals surface area contributed by atoms with Crippen molar-refractivity contribution in [1.29, 1.82) is 0 Å². The molecule has 1 saturated heterocycles. The van der Waals surface area contributed by atoms with E-state index in [9.17, 15) is 4.79 Å². The van der Waals surface area contributed by atoms with Crippen LogP contribution in [-0.2, 0) is 11.2 Å². The van der Waals surface area contributed by atoms with Crippen LogP contribution in [0.1, 0.15) is 12.0 Å². The van der Waals surface area contributed by atoms with Gasteiger partial charge < -0.3 is 10.4 Å². The van der Waals surface area contributed by atoms with Gasteiger partial charge in [0.2, 0.25) is 0 Å². The van der Waals surface area contributed by atoms with Gasteiger partial charge in [0.1, 0.15) is 6.04 Å². The fraction of sp³-hybridized carbons (Fsp3) is 0.312. The highest BCUT2D eigenvalue weighted by molar-refractivity contribution is 5.85. The van der Waals surface area contributed by atoms with Gasteiger partial charge in [-0.1, -0.05) is 42.5 Å². The molecule has 3 rings (SSSR count). The minimum atomic E-state index is -0.735. The van der Waals surface area contributed by atoms with E-state index in [1.807, 2.05) is 12.1 Å². The largest absolute Gasteiger partial charge is 0.480 e. The molecule has 1 aliphatic heterocycles. The molecule has 2 N–H and O–H groups in total. The lowest BCUT2D eigenvalue weighted by atomic mass is 9.95. The van der Waals surface area contributed by atoms with Gasteiger partial charge in [0.05, 0.1) is 0 Å². The van der Waals surface area contributed by atoms with Gasteiger partial charge >= 0.3 is 5.97 Å². The number of carbonyl (C=O) groups is 1. The maximum absolute atomic E-state index is 10.9. The number of nitrogens with one attached hydrogen (secondary N) is 1. The second-order valence-corrected chi connectivity index (χ2v) is 5.29. The van der Waals surface area contributed by atoms with Crippen molar-refractivity contribution in [2.24, 2.45) is 5.92 Å². The van der Waals surface area contributed by atoms with Crippen molar-refractivity contribution in [2.45, 2.75) is 18.9 Å². The first-order valence-corrected chi connectivity index (χ1v) is 6.66. The van der Waals surface area contributed by atoms with Crippen LogP contribution >= 0.6 is 12.4 Å². The van der Waals surface area contributed by atoms with Gasteiger partial charge in [-0.2, -0.15) is 0 Å². The molecule has 2 aromatic rings. The fourth-order valence-electron chi connectivity index (χ4n) is 2.85. The van der Waals surface area contributed by atoms with Crippen molar-refractivity contribution < 1.29 is 9.90 Å². The summed E-state index contributed by atoms with van der Waals surface area (Å²) < 4.78 is 0. The highest BCUT2D eigenvalue weighted by Gasteiger charge is 2.28. The van der Waals surface area contributed by atoms with Gasteiger partial charge in [0.25, 0.3) is 0 Å². The van der Waals surface area contributed by atoms with Gasteiger partial charge in [-0.05, 0) is 41.6 Å². The molecule has 3 nitrogen and oxygen atoms in total. The summed E-state index contributed by atoms with van der Waals surface area (Å²) in [4.78, 5) is 10.9. The van der Waals surface area contributed by atoms with Crippen LogP contribution in [0.15, 0.2) is 42.5 Å². The molecule has 0 spiro atoms. The molecule has 20 heavy (non-hydrogen) atoms. The molecule has 4 heteroatoms. The lowest BCUT2D eigenvalue weighted by Crippen LogP contribution is -2.29. The minimum Gasteiger partial charge on any atom is -0.480 e. The molecule has 1 fully saturated rings. The third kappa shape index (κ3) is 3.11. The van der Waals surface area contributed by atoms with Crippen LogP contribution in [0.4, 0.5) is 0 Å². The second kappa shape index (κ2) is 6.25. The molecule has 0 saturated carbocycles. The number of rotatable bonds is 3. The highest BCUT2D eigenvalue weighted by Crippen LogP contribution is 2.22. The highest BCUT2D eigenvalue weighted by atomic mass is 35.5. The van der Waals surface area contributed by atoms with Gasteiger partial charge in [0, 0.05) is 0 Å². The van der Waals surface area contributed by atoms with E-state index < -0.39 is 5.97 Å². The number of carboxylic acid groups (broad SMARTS) is 1. The molecule has 106 valence electrons. The quantitative estimate of drug-likeness (QED) is 0.914. The Morgan fingerprint density at radius 2 is 1.95 bits per heavy atom. The predicted octanol–water partition coefficient (Wildman–Crippen LogP) is 2.87. The topological polar surface area (TPSA) is 49.3 Å². The Balaban J connectivity index is 0.00000147. The summed E-state index contributed by atoms with van der Waals surface area (Å²) in [7, 11) is 0. The van der Waals surface area contributed by atoms with Crippen molar-refractivity contribution >= 4 is 29.1 Å².